The van der Waals surface area contributed by atoms with Gasteiger partial charge in [0.1, 0.15) is 0 Å². The van der Waals surface area contributed by atoms with Gasteiger partial charge in [0.2, 0.25) is 0 Å². The van der Waals surface area contributed by atoms with Gasteiger partial charge in [-0.1, -0.05) is 19.9 Å². The minimum absolute atomic E-state index is 0.411. The number of thiocarbonyl (C=S) groups is 1. The van der Waals surface area contributed by atoms with Crippen LogP contribution in [0.2, 0.25) is 0 Å². The van der Waals surface area contributed by atoms with Crippen molar-refractivity contribution in [2.24, 2.45) is 5.92 Å². The van der Waals surface area contributed by atoms with E-state index in [1.807, 2.05) is 18.2 Å². The average molecular weight is 378 g/mol. The van der Waals surface area contributed by atoms with Crippen LogP contribution in [0, 0.1) is 5.92 Å². The normalized spacial score (nSPS) is 16.8. The van der Waals surface area contributed by atoms with Crippen molar-refractivity contribution in [2.45, 2.75) is 33.2 Å². The highest BCUT2D eigenvalue weighted by atomic mass is 32.1. The van der Waals surface area contributed by atoms with Gasteiger partial charge in [-0.25, -0.2) is 4.79 Å². The molecule has 2 rings (SSSR count). The number of nitrogens with one attached hydrogen (secondary N) is 2. The number of hydrogen-bond acceptors (Lipinski definition) is 5. The highest BCUT2D eigenvalue weighted by Crippen LogP contribution is 2.34. The fourth-order valence-corrected chi connectivity index (χ4v) is 2.98. The lowest BCUT2D eigenvalue weighted by molar-refractivity contribution is -0.136. The van der Waals surface area contributed by atoms with E-state index in [0.717, 1.165) is 12.0 Å². The molecule has 1 aliphatic rings. The summed E-state index contributed by atoms with van der Waals surface area (Å²) in [6, 6.07) is 5.18. The van der Waals surface area contributed by atoms with Gasteiger partial charge in [-0.15, -0.1) is 0 Å². The Morgan fingerprint density at radius 3 is 2.62 bits per heavy atom. The van der Waals surface area contributed by atoms with Crippen molar-refractivity contribution in [3.8, 4) is 11.5 Å². The minimum atomic E-state index is -0.421. The van der Waals surface area contributed by atoms with Gasteiger partial charge in [0.05, 0.1) is 32.4 Å². The van der Waals surface area contributed by atoms with Gasteiger partial charge in [0, 0.05) is 5.70 Å². The zero-order chi connectivity index (χ0) is 19.3. The van der Waals surface area contributed by atoms with Crippen LogP contribution in [0.3, 0.4) is 0 Å². The van der Waals surface area contributed by atoms with Crippen LogP contribution >= 0.6 is 12.2 Å². The number of allylic oxidation sites excluding steroid dienone is 1. The molecule has 1 aromatic carbocycles. The molecule has 2 N–H and O–H groups in total. The molecular weight excluding hydrogens is 352 g/mol. The van der Waals surface area contributed by atoms with Crippen molar-refractivity contribution in [2.75, 3.05) is 20.8 Å². The highest BCUT2D eigenvalue weighted by Gasteiger charge is 2.31. The van der Waals surface area contributed by atoms with Gasteiger partial charge in [0.15, 0.2) is 16.6 Å². The third kappa shape index (κ3) is 4.66. The van der Waals surface area contributed by atoms with Crippen LogP contribution in [0.15, 0.2) is 29.5 Å². The van der Waals surface area contributed by atoms with Gasteiger partial charge >= 0.3 is 5.97 Å². The van der Waals surface area contributed by atoms with Crippen molar-refractivity contribution in [3.05, 3.63) is 35.0 Å². The molecule has 142 valence electrons. The Hall–Kier alpha value is -2.28. The van der Waals surface area contributed by atoms with Crippen molar-refractivity contribution in [1.82, 2.24) is 10.6 Å². The number of benzene rings is 1. The third-order valence-electron chi connectivity index (χ3n) is 4.15. The zero-order valence-electron chi connectivity index (χ0n) is 15.8. The number of esters is 1. The Kier molecular flexibility index (Phi) is 6.85. The summed E-state index contributed by atoms with van der Waals surface area (Å²) in [5.41, 5.74) is 1.99. The molecule has 1 atom stereocenters. The fourth-order valence-electron chi connectivity index (χ4n) is 2.71. The Bertz CT molecular complexity index is 715. The third-order valence-corrected chi connectivity index (χ3v) is 4.37. The van der Waals surface area contributed by atoms with E-state index in [1.54, 1.807) is 14.0 Å². The molecule has 0 aliphatic carbocycles. The first kappa shape index (κ1) is 20.0. The van der Waals surface area contributed by atoms with Crippen LogP contribution in [0.25, 0.3) is 0 Å². The van der Waals surface area contributed by atoms with Crippen LogP contribution < -0.4 is 20.1 Å². The fraction of sp³-hybridized carbons (Fsp3) is 0.474. The summed E-state index contributed by atoms with van der Waals surface area (Å²) < 4.78 is 16.2. The second-order valence-electron chi connectivity index (χ2n) is 6.50. The number of rotatable bonds is 7. The molecule has 0 bridgehead atoms. The molecule has 0 fully saturated rings. The predicted octanol–water partition coefficient (Wildman–Crippen LogP) is 3.09. The quantitative estimate of drug-likeness (QED) is 0.558. The molecular formula is C19H26N2O4S. The molecule has 1 heterocycles. The van der Waals surface area contributed by atoms with Gasteiger partial charge in [-0.05, 0) is 49.2 Å². The summed E-state index contributed by atoms with van der Waals surface area (Å²) in [4.78, 5) is 12.2. The van der Waals surface area contributed by atoms with Crippen molar-refractivity contribution in [3.63, 3.8) is 0 Å². The molecule has 6 nitrogen and oxygen atoms in total. The van der Waals surface area contributed by atoms with Crippen LogP contribution in [0.4, 0.5) is 0 Å². The van der Waals surface area contributed by atoms with E-state index < -0.39 is 12.0 Å². The zero-order valence-corrected chi connectivity index (χ0v) is 16.7. The Morgan fingerprint density at radius 1 is 1.27 bits per heavy atom. The summed E-state index contributed by atoms with van der Waals surface area (Å²) in [6.45, 7) is 6.72. The van der Waals surface area contributed by atoms with Crippen molar-refractivity contribution >= 4 is 23.3 Å². The first-order valence-corrected chi connectivity index (χ1v) is 8.95. The van der Waals surface area contributed by atoms with Crippen LogP contribution in [-0.4, -0.2) is 31.9 Å². The maximum atomic E-state index is 12.2. The lowest BCUT2D eigenvalue weighted by Gasteiger charge is -2.30. The molecule has 0 aromatic heterocycles. The molecule has 0 saturated carbocycles. The second kappa shape index (κ2) is 8.89. The first-order chi connectivity index (χ1) is 12.4. The topological polar surface area (TPSA) is 68.8 Å². The van der Waals surface area contributed by atoms with Crippen LogP contribution in [-0.2, 0) is 9.53 Å². The van der Waals surface area contributed by atoms with E-state index in [2.05, 4.69) is 24.5 Å². The van der Waals surface area contributed by atoms with Crippen LogP contribution in [0.1, 0.15) is 38.8 Å². The van der Waals surface area contributed by atoms with Crippen LogP contribution in [0.5, 0.6) is 11.5 Å². The molecule has 7 heteroatoms. The summed E-state index contributed by atoms with van der Waals surface area (Å²) in [5, 5.41) is 6.54. The standard InChI is InChI=1S/C19H26N2O4S/c1-11(2)8-9-25-14-7-6-13(10-15(14)23-4)17-16(18(22)24-5)12(3)20-19(26)21-17/h6-7,10-11,17H,8-9H2,1-5H3,(H2,20,21,26)/t17-/m0/s1. The van der Waals surface area contributed by atoms with E-state index in [-0.39, 0.29) is 0 Å². The van der Waals surface area contributed by atoms with E-state index in [4.69, 9.17) is 26.4 Å². The molecule has 26 heavy (non-hydrogen) atoms. The molecule has 0 radical (unpaired) electrons. The van der Waals surface area contributed by atoms with E-state index >= 15 is 0 Å². The SMILES string of the molecule is COC(=O)C1=C(C)NC(=S)N[C@H]1c1ccc(OCCC(C)C)c(OC)c1. The molecule has 0 saturated heterocycles. The van der Waals surface area contributed by atoms with E-state index in [1.165, 1.54) is 7.11 Å². The van der Waals surface area contributed by atoms with Gasteiger partial charge in [0.25, 0.3) is 0 Å². The van der Waals surface area contributed by atoms with Crippen molar-refractivity contribution in [1.29, 1.82) is 0 Å². The van der Waals surface area contributed by atoms with Gasteiger partial charge < -0.3 is 24.8 Å². The van der Waals surface area contributed by atoms with E-state index in [9.17, 15) is 4.79 Å². The summed E-state index contributed by atoms with van der Waals surface area (Å²) in [7, 11) is 2.95. The first-order valence-electron chi connectivity index (χ1n) is 8.54. The minimum Gasteiger partial charge on any atom is -0.493 e. The average Bonchev–Trinajstić information content (AvgIpc) is 2.60. The van der Waals surface area contributed by atoms with Gasteiger partial charge in [-0.3, -0.25) is 0 Å². The van der Waals surface area contributed by atoms with Crippen molar-refractivity contribution < 1.29 is 19.0 Å². The smallest absolute Gasteiger partial charge is 0.337 e. The molecule has 0 unspecified atom stereocenters. The number of methoxy groups -OCH3 is 2. The lowest BCUT2D eigenvalue weighted by Crippen LogP contribution is -2.45. The number of hydrogen-bond donors (Lipinski definition) is 2. The van der Waals surface area contributed by atoms with E-state index in [0.29, 0.717) is 40.4 Å². The maximum absolute atomic E-state index is 12.2. The lowest BCUT2D eigenvalue weighted by atomic mass is 9.95. The summed E-state index contributed by atoms with van der Waals surface area (Å²) >= 11 is 5.24. The Balaban J connectivity index is 2.33. The summed E-state index contributed by atoms with van der Waals surface area (Å²) in [5.74, 6) is 1.44. The Morgan fingerprint density at radius 2 is 2.00 bits per heavy atom. The molecule has 0 spiro atoms. The highest BCUT2D eigenvalue weighted by molar-refractivity contribution is 7.80. The van der Waals surface area contributed by atoms with Gasteiger partial charge in [-0.2, -0.15) is 0 Å². The Labute approximate surface area is 159 Å². The number of ether oxygens (including phenoxy) is 3. The summed E-state index contributed by atoms with van der Waals surface area (Å²) in [6.07, 6.45) is 0.962. The molecule has 1 aromatic rings. The second-order valence-corrected chi connectivity index (χ2v) is 6.91. The maximum Gasteiger partial charge on any atom is 0.337 e. The largest absolute Gasteiger partial charge is 0.493 e. The molecule has 1 aliphatic heterocycles. The monoisotopic (exact) mass is 378 g/mol. The number of carbonyl (C=O) groups excluding carboxylic acids is 1. The number of carbonyl (C=O) groups is 1. The predicted molar refractivity (Wildman–Crippen MR) is 104 cm³/mol. The molecule has 0 amide bonds.